The fourth-order valence-corrected chi connectivity index (χ4v) is 5.02. The summed E-state index contributed by atoms with van der Waals surface area (Å²) in [5.74, 6) is -0.727. The Morgan fingerprint density at radius 2 is 1.90 bits per heavy atom. The molecule has 2 atom stereocenters. The Balaban J connectivity index is 1.57. The largest absolute Gasteiger partial charge is 0.325 e. The van der Waals surface area contributed by atoms with Crippen molar-refractivity contribution < 1.29 is 14.4 Å². The van der Waals surface area contributed by atoms with Crippen molar-refractivity contribution >= 4 is 46.9 Å². The molecule has 1 fully saturated rings. The molecule has 0 saturated carbocycles. The standard InChI is InChI=1S/C22H22ClN3O3S/c1-14-11-12-25(17-5-3-4-6-18(17)30-14)19(27)13-26-20(28)22(2,24-21(26)29)15-7-9-16(23)10-8-15/h3-10,14H,11-13H2,1-2H3,(H,24,29)/t14-,22-/m0/s1. The monoisotopic (exact) mass is 443 g/mol. The van der Waals surface area contributed by atoms with Crippen molar-refractivity contribution in [2.24, 2.45) is 0 Å². The van der Waals surface area contributed by atoms with Crippen LogP contribution < -0.4 is 10.2 Å². The minimum Gasteiger partial charge on any atom is -0.319 e. The third-order valence-corrected chi connectivity index (χ3v) is 7.02. The van der Waals surface area contributed by atoms with Gasteiger partial charge >= 0.3 is 6.03 Å². The van der Waals surface area contributed by atoms with Gasteiger partial charge in [0.25, 0.3) is 5.91 Å². The van der Waals surface area contributed by atoms with E-state index in [-0.39, 0.29) is 12.5 Å². The number of thioether (sulfide) groups is 1. The molecule has 2 heterocycles. The molecule has 0 aliphatic carbocycles. The van der Waals surface area contributed by atoms with Gasteiger partial charge < -0.3 is 10.2 Å². The summed E-state index contributed by atoms with van der Waals surface area (Å²) >= 11 is 7.67. The van der Waals surface area contributed by atoms with Crippen molar-refractivity contribution in [1.82, 2.24) is 10.2 Å². The minimum atomic E-state index is -1.23. The van der Waals surface area contributed by atoms with Crippen LogP contribution in [0.2, 0.25) is 5.02 Å². The normalized spacial score (nSPS) is 23.8. The number of para-hydroxylation sites is 1. The summed E-state index contributed by atoms with van der Waals surface area (Å²) in [5, 5.41) is 3.64. The second-order valence-electron chi connectivity index (χ2n) is 7.68. The number of hydrogen-bond acceptors (Lipinski definition) is 4. The van der Waals surface area contributed by atoms with Crippen LogP contribution in [0, 0.1) is 0 Å². The number of benzene rings is 2. The maximum Gasteiger partial charge on any atom is 0.325 e. The summed E-state index contributed by atoms with van der Waals surface area (Å²) in [7, 11) is 0. The third kappa shape index (κ3) is 3.68. The van der Waals surface area contributed by atoms with Crippen molar-refractivity contribution in [2.75, 3.05) is 18.0 Å². The maximum absolute atomic E-state index is 13.2. The average Bonchev–Trinajstić information content (AvgIpc) is 2.85. The summed E-state index contributed by atoms with van der Waals surface area (Å²) in [6.07, 6.45) is 0.827. The van der Waals surface area contributed by atoms with Crippen LogP contribution in [0.1, 0.15) is 25.8 Å². The smallest absolute Gasteiger partial charge is 0.319 e. The second kappa shape index (κ2) is 7.96. The fraction of sp³-hybridized carbons (Fsp3) is 0.318. The third-order valence-electron chi connectivity index (χ3n) is 5.53. The molecular formula is C22H22ClN3O3S. The molecule has 30 heavy (non-hydrogen) atoms. The number of halogens is 1. The number of rotatable bonds is 3. The zero-order valence-corrected chi connectivity index (χ0v) is 18.3. The lowest BCUT2D eigenvalue weighted by molar-refractivity contribution is -0.134. The number of fused-ring (bicyclic) bond motifs is 1. The van der Waals surface area contributed by atoms with Crippen LogP contribution in [0.25, 0.3) is 0 Å². The van der Waals surface area contributed by atoms with Gasteiger partial charge in [-0.05, 0) is 43.2 Å². The molecule has 0 bridgehead atoms. The number of imide groups is 1. The molecule has 0 radical (unpaired) electrons. The summed E-state index contributed by atoms with van der Waals surface area (Å²) in [4.78, 5) is 42.7. The first-order valence-electron chi connectivity index (χ1n) is 9.76. The van der Waals surface area contributed by atoms with Crippen LogP contribution in [0.5, 0.6) is 0 Å². The van der Waals surface area contributed by atoms with Gasteiger partial charge in [0, 0.05) is 21.7 Å². The number of nitrogens with one attached hydrogen (secondary N) is 1. The van der Waals surface area contributed by atoms with E-state index < -0.39 is 17.5 Å². The number of nitrogens with zero attached hydrogens (tertiary/aromatic N) is 2. The van der Waals surface area contributed by atoms with E-state index in [1.807, 2.05) is 24.3 Å². The zero-order valence-electron chi connectivity index (χ0n) is 16.7. The minimum absolute atomic E-state index is 0.277. The highest BCUT2D eigenvalue weighted by Gasteiger charge is 2.49. The van der Waals surface area contributed by atoms with Gasteiger partial charge in [-0.2, -0.15) is 0 Å². The predicted octanol–water partition coefficient (Wildman–Crippen LogP) is 4.02. The molecule has 0 aromatic heterocycles. The highest BCUT2D eigenvalue weighted by Crippen LogP contribution is 2.37. The molecular weight excluding hydrogens is 422 g/mol. The molecule has 2 aromatic carbocycles. The zero-order chi connectivity index (χ0) is 21.5. The lowest BCUT2D eigenvalue weighted by atomic mass is 9.92. The van der Waals surface area contributed by atoms with E-state index in [0.29, 0.717) is 22.4 Å². The van der Waals surface area contributed by atoms with E-state index in [9.17, 15) is 14.4 Å². The van der Waals surface area contributed by atoms with Crippen LogP contribution >= 0.6 is 23.4 Å². The Bertz CT molecular complexity index is 1010. The number of amides is 4. The highest BCUT2D eigenvalue weighted by atomic mass is 35.5. The van der Waals surface area contributed by atoms with Crippen molar-refractivity contribution in [3.05, 3.63) is 59.1 Å². The van der Waals surface area contributed by atoms with Gasteiger partial charge in [-0.1, -0.05) is 42.8 Å². The SMILES string of the molecule is C[C@H]1CCN(C(=O)CN2C(=O)N[C@@](C)(c3ccc(Cl)cc3)C2=O)c2ccccc2S1. The topological polar surface area (TPSA) is 69.7 Å². The molecule has 0 unspecified atom stereocenters. The van der Waals surface area contributed by atoms with E-state index in [0.717, 1.165) is 21.9 Å². The fourth-order valence-electron chi connectivity index (χ4n) is 3.79. The molecule has 6 nitrogen and oxygen atoms in total. The molecule has 4 amide bonds. The summed E-state index contributed by atoms with van der Waals surface area (Å²) in [6.45, 7) is 4.01. The van der Waals surface area contributed by atoms with Gasteiger partial charge in [0.05, 0.1) is 5.69 Å². The van der Waals surface area contributed by atoms with E-state index in [1.165, 1.54) is 0 Å². The van der Waals surface area contributed by atoms with E-state index >= 15 is 0 Å². The molecule has 2 aromatic rings. The van der Waals surface area contributed by atoms with Crippen LogP contribution in [-0.4, -0.2) is 41.1 Å². The first-order valence-corrected chi connectivity index (χ1v) is 11.0. The highest BCUT2D eigenvalue weighted by molar-refractivity contribution is 8.00. The molecule has 4 rings (SSSR count). The number of anilines is 1. The molecule has 8 heteroatoms. The Kier molecular flexibility index (Phi) is 5.51. The Morgan fingerprint density at radius 3 is 2.63 bits per heavy atom. The van der Waals surface area contributed by atoms with Gasteiger partial charge in [0.1, 0.15) is 12.1 Å². The molecule has 2 aliphatic rings. The van der Waals surface area contributed by atoms with Gasteiger partial charge in [0.15, 0.2) is 0 Å². The average molecular weight is 444 g/mol. The van der Waals surface area contributed by atoms with E-state index in [4.69, 9.17) is 11.6 Å². The van der Waals surface area contributed by atoms with Gasteiger partial charge in [-0.25, -0.2) is 4.79 Å². The van der Waals surface area contributed by atoms with Gasteiger partial charge in [-0.15, -0.1) is 11.8 Å². The van der Waals surface area contributed by atoms with Gasteiger partial charge in [0.2, 0.25) is 5.91 Å². The predicted molar refractivity (Wildman–Crippen MR) is 118 cm³/mol. The van der Waals surface area contributed by atoms with Gasteiger partial charge in [-0.3, -0.25) is 14.5 Å². The number of carbonyl (C=O) groups is 3. The summed E-state index contributed by atoms with van der Waals surface area (Å²) < 4.78 is 0. The first-order chi connectivity index (χ1) is 14.3. The van der Waals surface area contributed by atoms with Crippen LogP contribution in [0.3, 0.4) is 0 Å². The number of urea groups is 1. The van der Waals surface area contributed by atoms with E-state index in [1.54, 1.807) is 47.9 Å². The molecule has 1 saturated heterocycles. The van der Waals surface area contributed by atoms with Crippen molar-refractivity contribution in [2.45, 2.75) is 36.0 Å². The van der Waals surface area contributed by atoms with Crippen molar-refractivity contribution in [3.63, 3.8) is 0 Å². The lowest BCUT2D eigenvalue weighted by Crippen LogP contribution is -2.45. The second-order valence-corrected chi connectivity index (χ2v) is 9.60. The number of hydrogen-bond donors (Lipinski definition) is 1. The maximum atomic E-state index is 13.2. The Hall–Kier alpha value is -2.51. The van der Waals surface area contributed by atoms with Crippen LogP contribution in [-0.2, 0) is 15.1 Å². The summed E-state index contributed by atoms with van der Waals surface area (Å²) in [6, 6.07) is 13.9. The van der Waals surface area contributed by atoms with E-state index in [2.05, 4.69) is 12.2 Å². The lowest BCUT2D eigenvalue weighted by Gasteiger charge is -2.25. The molecule has 2 aliphatic heterocycles. The first kappa shape index (κ1) is 20.8. The molecule has 0 spiro atoms. The summed E-state index contributed by atoms with van der Waals surface area (Å²) in [5.41, 5.74) is 0.207. The Morgan fingerprint density at radius 1 is 1.20 bits per heavy atom. The molecule has 156 valence electrons. The van der Waals surface area contributed by atoms with Crippen LogP contribution in [0.4, 0.5) is 10.5 Å². The quantitative estimate of drug-likeness (QED) is 0.727. The molecule has 1 N–H and O–H groups in total. The van der Waals surface area contributed by atoms with Crippen molar-refractivity contribution in [1.29, 1.82) is 0 Å². The van der Waals surface area contributed by atoms with Crippen molar-refractivity contribution in [3.8, 4) is 0 Å². The number of carbonyl (C=O) groups excluding carboxylic acids is 3. The Labute approximate surface area is 184 Å². The van der Waals surface area contributed by atoms with Crippen LogP contribution in [0.15, 0.2) is 53.4 Å².